The minimum atomic E-state index is -4.02. The molecule has 288 valence electrons. The molecule has 0 bridgehead atoms. The summed E-state index contributed by atoms with van der Waals surface area (Å²) in [6.07, 6.45) is 9.00. The highest BCUT2D eigenvalue weighted by Crippen LogP contribution is 2.50. The maximum Gasteiger partial charge on any atom is 0.307 e. The van der Waals surface area contributed by atoms with Crippen molar-refractivity contribution >= 4 is 44.0 Å². The normalized spacial score (nSPS) is 18.4. The summed E-state index contributed by atoms with van der Waals surface area (Å²) in [4.78, 5) is 13.9. The zero-order valence-corrected chi connectivity index (χ0v) is 33.9. The van der Waals surface area contributed by atoms with Gasteiger partial charge in [-0.1, -0.05) is 70.2 Å². The monoisotopic (exact) mass is 759 g/mol. The van der Waals surface area contributed by atoms with Gasteiger partial charge in [-0.05, 0) is 70.2 Å². The Bertz CT molecular complexity index is 1860. The van der Waals surface area contributed by atoms with Crippen LogP contribution in [0.5, 0.6) is 0 Å². The number of para-hydroxylation sites is 1. The number of hydrogen-bond acceptors (Lipinski definition) is 7. The molecule has 0 amide bonds. The molecular formula is C40H59N2O8S2+. The Morgan fingerprint density at radius 2 is 1.54 bits per heavy atom. The second kappa shape index (κ2) is 15.4. The molecule has 2 heterocycles. The first-order valence-corrected chi connectivity index (χ1v) is 21.2. The van der Waals surface area contributed by atoms with Crippen LogP contribution in [0.3, 0.4) is 0 Å². The van der Waals surface area contributed by atoms with Crippen molar-refractivity contribution in [2.24, 2.45) is 10.8 Å². The molecule has 0 aliphatic carbocycles. The quantitative estimate of drug-likeness (QED) is 0.0538. The first-order valence-electron chi connectivity index (χ1n) is 18.0. The van der Waals surface area contributed by atoms with Gasteiger partial charge in [0.1, 0.15) is 6.54 Å². The van der Waals surface area contributed by atoms with Crippen LogP contribution in [-0.2, 0) is 36.3 Å². The highest BCUT2D eigenvalue weighted by atomic mass is 32.3. The second-order valence-electron chi connectivity index (χ2n) is 16.4. The fourth-order valence-electron chi connectivity index (χ4n) is 8.02. The van der Waals surface area contributed by atoms with Gasteiger partial charge in [0, 0.05) is 52.6 Å². The molecule has 12 heteroatoms. The van der Waals surface area contributed by atoms with E-state index in [1.165, 1.54) is 18.4 Å². The van der Waals surface area contributed by atoms with Gasteiger partial charge in [-0.15, -0.1) is 0 Å². The standard InChI is InChI=1S/C40H58N2O8S2/c1-37(2,28-34-39(5,6)30-16-10-11-17-32(30)41(34)22-12-14-24-51(45,46)47)20-21-38(3,4)36-40(7,8)31-26-29(27-35(43)44)18-19-33(31)42(36)23-13-15-25-52(48,49)50-9/h10-11,16-21,26,28H,12-15,22-25,27H2,1-9H3,(H3-,43,44,45,46,47,48,49)/p+1. The molecule has 0 saturated carbocycles. The summed E-state index contributed by atoms with van der Waals surface area (Å²) in [7, 11) is -5.79. The van der Waals surface area contributed by atoms with Gasteiger partial charge >= 0.3 is 5.97 Å². The maximum atomic E-state index is 11.6. The topological polar surface area (TPSA) is 148 Å². The summed E-state index contributed by atoms with van der Waals surface area (Å²) in [5.41, 5.74) is 5.94. The first-order chi connectivity index (χ1) is 23.9. The van der Waals surface area contributed by atoms with E-state index >= 15 is 0 Å². The number of rotatable bonds is 17. The van der Waals surface area contributed by atoms with Crippen molar-refractivity contribution in [1.82, 2.24) is 0 Å². The third-order valence-electron chi connectivity index (χ3n) is 10.4. The zero-order valence-electron chi connectivity index (χ0n) is 32.3. The molecule has 0 unspecified atom stereocenters. The Morgan fingerprint density at radius 3 is 2.17 bits per heavy atom. The van der Waals surface area contributed by atoms with Crippen LogP contribution < -0.4 is 4.90 Å². The maximum absolute atomic E-state index is 11.6. The average molecular weight is 760 g/mol. The number of carboxylic acid groups (broad SMARTS) is 1. The van der Waals surface area contributed by atoms with Crippen molar-refractivity contribution in [2.45, 2.75) is 98.3 Å². The van der Waals surface area contributed by atoms with Gasteiger partial charge in [0.2, 0.25) is 5.69 Å². The van der Waals surface area contributed by atoms with Gasteiger partial charge in [-0.25, -0.2) is 0 Å². The average Bonchev–Trinajstić information content (AvgIpc) is 3.38. The van der Waals surface area contributed by atoms with E-state index in [9.17, 15) is 32.0 Å². The van der Waals surface area contributed by atoms with E-state index in [0.717, 1.165) is 28.2 Å². The Hall–Kier alpha value is -3.00. The summed E-state index contributed by atoms with van der Waals surface area (Å²) >= 11 is 0. The number of benzene rings is 2. The third kappa shape index (κ3) is 9.56. The van der Waals surface area contributed by atoms with Crippen LogP contribution in [0.4, 0.5) is 11.4 Å². The van der Waals surface area contributed by atoms with Crippen LogP contribution in [0, 0.1) is 10.8 Å². The summed E-state index contributed by atoms with van der Waals surface area (Å²) in [6, 6.07) is 14.2. The first kappa shape index (κ1) is 41.8. The minimum absolute atomic E-state index is 0.0580. The lowest BCUT2D eigenvalue weighted by molar-refractivity contribution is -0.442. The molecule has 0 atom stereocenters. The van der Waals surface area contributed by atoms with E-state index in [0.29, 0.717) is 38.8 Å². The summed E-state index contributed by atoms with van der Waals surface area (Å²) in [5, 5.41) is 9.53. The minimum Gasteiger partial charge on any atom is -0.481 e. The van der Waals surface area contributed by atoms with Crippen LogP contribution >= 0.6 is 10.9 Å². The molecule has 10 nitrogen and oxygen atoms in total. The van der Waals surface area contributed by atoms with Crippen LogP contribution in [0.2, 0.25) is 0 Å². The number of allylic oxidation sites excluding steroid dienone is 4. The van der Waals surface area contributed by atoms with Gasteiger partial charge in [-0.3, -0.25) is 13.5 Å². The Morgan fingerprint density at radius 1 is 0.885 bits per heavy atom. The zero-order chi connectivity index (χ0) is 38.9. The second-order valence-corrected chi connectivity index (χ2v) is 20.0. The highest BCUT2D eigenvalue weighted by Gasteiger charge is 2.51. The van der Waals surface area contributed by atoms with Gasteiger partial charge in [0.05, 0.1) is 41.0 Å². The number of aliphatic carboxylic acids is 1. The van der Waals surface area contributed by atoms with Crippen molar-refractivity contribution in [1.29, 1.82) is 0 Å². The SMILES string of the molecule is COS(O)(O)CCCC[N+]1=C(C(C)(C)C=CC(C)(C)C=C2N(CCCCS(=O)(=O)O)c3ccccc3C2(C)C)C(C)(C)c2cc(CC(=O)O)ccc21. The van der Waals surface area contributed by atoms with E-state index in [-0.39, 0.29) is 28.8 Å². The Labute approximate surface area is 312 Å². The molecule has 0 radical (unpaired) electrons. The molecule has 52 heavy (non-hydrogen) atoms. The number of anilines is 1. The van der Waals surface area contributed by atoms with Crippen molar-refractivity contribution in [2.75, 3.05) is 36.6 Å². The van der Waals surface area contributed by atoms with E-state index in [4.69, 9.17) is 4.18 Å². The van der Waals surface area contributed by atoms with Crippen LogP contribution in [0.15, 0.2) is 66.4 Å². The molecule has 0 fully saturated rings. The number of carbonyl (C=O) groups is 1. The predicted octanol–water partition coefficient (Wildman–Crippen LogP) is 8.74. The van der Waals surface area contributed by atoms with Gasteiger partial charge in [0.25, 0.3) is 10.1 Å². The lowest BCUT2D eigenvalue weighted by Gasteiger charge is -2.32. The summed E-state index contributed by atoms with van der Waals surface area (Å²) in [6.45, 7) is 18.9. The highest BCUT2D eigenvalue weighted by molar-refractivity contribution is 8.20. The number of nitrogens with zero attached hydrogens (tertiary/aromatic N) is 2. The van der Waals surface area contributed by atoms with E-state index < -0.39 is 37.8 Å². The molecule has 2 aliphatic heterocycles. The van der Waals surface area contributed by atoms with Gasteiger partial charge in [-0.2, -0.15) is 13.0 Å². The fourth-order valence-corrected chi connectivity index (χ4v) is 9.33. The van der Waals surface area contributed by atoms with Crippen LogP contribution in [-0.4, -0.2) is 75.1 Å². The van der Waals surface area contributed by atoms with Gasteiger partial charge in [0.15, 0.2) is 5.71 Å². The molecular weight excluding hydrogens is 701 g/mol. The molecule has 2 aromatic rings. The molecule has 2 aliphatic rings. The predicted molar refractivity (Wildman–Crippen MR) is 212 cm³/mol. The molecule has 0 aromatic heterocycles. The van der Waals surface area contributed by atoms with Crippen molar-refractivity contribution < 1.29 is 40.7 Å². The molecule has 0 saturated heterocycles. The lowest BCUT2D eigenvalue weighted by Crippen LogP contribution is -2.40. The van der Waals surface area contributed by atoms with E-state index in [1.54, 1.807) is 0 Å². The number of hydrogen-bond donors (Lipinski definition) is 4. The number of unbranched alkanes of at least 4 members (excludes halogenated alkanes) is 2. The smallest absolute Gasteiger partial charge is 0.307 e. The number of carboxylic acids is 1. The van der Waals surface area contributed by atoms with E-state index in [2.05, 4.69) is 95.2 Å². The molecule has 4 rings (SSSR count). The van der Waals surface area contributed by atoms with Crippen molar-refractivity contribution in [3.8, 4) is 0 Å². The van der Waals surface area contributed by atoms with Crippen LogP contribution in [0.25, 0.3) is 0 Å². The van der Waals surface area contributed by atoms with Crippen LogP contribution in [0.1, 0.15) is 97.8 Å². The summed E-state index contributed by atoms with van der Waals surface area (Å²) < 4.78 is 59.4. The fraction of sp³-hybridized carbons (Fsp3) is 0.550. The van der Waals surface area contributed by atoms with Crippen molar-refractivity contribution in [3.63, 3.8) is 0 Å². The number of fused-ring (bicyclic) bond motifs is 2. The largest absolute Gasteiger partial charge is 0.481 e. The molecule has 2 aromatic carbocycles. The van der Waals surface area contributed by atoms with Crippen molar-refractivity contribution in [3.05, 3.63) is 83.1 Å². The van der Waals surface area contributed by atoms with Gasteiger partial charge < -0.3 is 19.1 Å². The molecule has 4 N–H and O–H groups in total. The Balaban J connectivity index is 1.71. The summed E-state index contributed by atoms with van der Waals surface area (Å²) in [5.74, 6) is -0.980. The Kier molecular flexibility index (Phi) is 12.4. The molecule has 0 spiro atoms. The van der Waals surface area contributed by atoms with E-state index in [1.807, 2.05) is 30.3 Å². The third-order valence-corrected chi connectivity index (χ3v) is 12.6. The lowest BCUT2D eigenvalue weighted by atomic mass is 9.69.